The number of hydrogen-bond donors (Lipinski definition) is 2. The van der Waals surface area contributed by atoms with Crippen molar-refractivity contribution in [1.29, 1.82) is 0 Å². The SMILES string of the molecule is CC(C)(C)OC(=O)N1c2ccccc2CC1c1nn(C(=O)O)c2ccc(O)cc12. The topological polar surface area (TPSA) is 105 Å². The van der Waals surface area contributed by atoms with Gasteiger partial charge < -0.3 is 14.9 Å². The molecule has 2 aromatic carbocycles. The van der Waals surface area contributed by atoms with E-state index in [9.17, 15) is 19.8 Å². The zero-order valence-electron chi connectivity index (χ0n) is 16.3. The largest absolute Gasteiger partial charge is 0.508 e. The molecule has 0 saturated carbocycles. The summed E-state index contributed by atoms with van der Waals surface area (Å²) in [5, 5.41) is 24.3. The van der Waals surface area contributed by atoms with E-state index in [0.29, 0.717) is 28.7 Å². The molecular weight excluding hydrogens is 374 g/mol. The number of hydrogen-bond acceptors (Lipinski definition) is 5. The Morgan fingerprint density at radius 1 is 1.17 bits per heavy atom. The molecule has 8 heteroatoms. The summed E-state index contributed by atoms with van der Waals surface area (Å²) in [6.07, 6.45) is -1.33. The molecule has 2 N–H and O–H groups in total. The van der Waals surface area contributed by atoms with Gasteiger partial charge in [0.25, 0.3) is 0 Å². The second-order valence-corrected chi connectivity index (χ2v) is 7.98. The van der Waals surface area contributed by atoms with Gasteiger partial charge in [0, 0.05) is 11.8 Å². The average Bonchev–Trinajstić information content (AvgIpc) is 3.18. The number of rotatable bonds is 1. The number of phenolic OH excluding ortho intramolecular Hbond substituents is 1. The van der Waals surface area contributed by atoms with Crippen LogP contribution in [0, 0.1) is 0 Å². The number of anilines is 1. The molecule has 150 valence electrons. The quantitative estimate of drug-likeness (QED) is 0.636. The molecule has 0 bridgehead atoms. The Morgan fingerprint density at radius 3 is 2.59 bits per heavy atom. The third kappa shape index (κ3) is 3.26. The monoisotopic (exact) mass is 395 g/mol. The standard InChI is InChI=1S/C21H21N3O5/c1-21(2,3)29-20(28)23-15-7-5-4-6-12(15)10-17(23)18-14-11-13(25)8-9-16(14)24(22-18)19(26)27/h4-9,11,17,25H,10H2,1-3H3,(H,26,27). The van der Waals surface area contributed by atoms with Crippen molar-refractivity contribution in [2.45, 2.75) is 38.8 Å². The fourth-order valence-electron chi connectivity index (χ4n) is 3.66. The summed E-state index contributed by atoms with van der Waals surface area (Å²) in [5.41, 5.74) is 1.66. The van der Waals surface area contributed by atoms with Crippen molar-refractivity contribution in [2.75, 3.05) is 4.90 Å². The summed E-state index contributed by atoms with van der Waals surface area (Å²) in [4.78, 5) is 26.2. The highest BCUT2D eigenvalue weighted by Crippen LogP contribution is 2.43. The second-order valence-electron chi connectivity index (χ2n) is 7.98. The van der Waals surface area contributed by atoms with Gasteiger partial charge in [-0.3, -0.25) is 4.90 Å². The molecule has 1 unspecified atom stereocenters. The molecule has 2 heterocycles. The Kier molecular flexibility index (Phi) is 4.22. The van der Waals surface area contributed by atoms with Crippen LogP contribution in [0.5, 0.6) is 5.75 Å². The van der Waals surface area contributed by atoms with E-state index < -0.39 is 23.8 Å². The normalized spacial score (nSPS) is 16.1. The number of aromatic hydroxyl groups is 1. The van der Waals surface area contributed by atoms with Crippen molar-refractivity contribution in [1.82, 2.24) is 9.78 Å². The molecule has 8 nitrogen and oxygen atoms in total. The summed E-state index contributed by atoms with van der Waals surface area (Å²) >= 11 is 0. The molecule has 1 aliphatic heterocycles. The molecule has 0 saturated heterocycles. The number of phenols is 1. The van der Waals surface area contributed by atoms with Gasteiger partial charge in [0.15, 0.2) is 0 Å². The van der Waals surface area contributed by atoms with E-state index in [1.165, 1.54) is 23.1 Å². The Bertz CT molecular complexity index is 1130. The minimum atomic E-state index is -1.24. The number of ether oxygens (including phenoxy) is 1. The van der Waals surface area contributed by atoms with E-state index in [1.54, 1.807) is 20.8 Å². The van der Waals surface area contributed by atoms with E-state index in [1.807, 2.05) is 24.3 Å². The van der Waals surface area contributed by atoms with Gasteiger partial charge in [-0.05, 0) is 50.6 Å². The molecule has 0 spiro atoms. The third-order valence-corrected chi connectivity index (χ3v) is 4.76. The number of aromatic nitrogens is 2. The lowest BCUT2D eigenvalue weighted by molar-refractivity contribution is 0.0569. The fourth-order valence-corrected chi connectivity index (χ4v) is 3.66. The first kappa shape index (κ1) is 18.8. The lowest BCUT2D eigenvalue weighted by Gasteiger charge is -2.28. The predicted octanol–water partition coefficient (Wildman–Crippen LogP) is 4.31. The van der Waals surface area contributed by atoms with Crippen molar-refractivity contribution in [3.8, 4) is 5.75 Å². The number of carbonyl (C=O) groups excluding carboxylic acids is 1. The van der Waals surface area contributed by atoms with E-state index in [-0.39, 0.29) is 5.75 Å². The number of para-hydroxylation sites is 1. The zero-order valence-corrected chi connectivity index (χ0v) is 16.3. The lowest BCUT2D eigenvalue weighted by Crippen LogP contribution is -2.37. The van der Waals surface area contributed by atoms with Crippen LogP contribution in [0.3, 0.4) is 0 Å². The first-order valence-electron chi connectivity index (χ1n) is 9.21. The highest BCUT2D eigenvalue weighted by molar-refractivity contribution is 5.95. The number of amides is 1. The van der Waals surface area contributed by atoms with E-state index in [4.69, 9.17) is 4.74 Å². The van der Waals surface area contributed by atoms with Crippen molar-refractivity contribution < 1.29 is 24.5 Å². The van der Waals surface area contributed by atoms with Gasteiger partial charge in [0.05, 0.1) is 22.9 Å². The minimum absolute atomic E-state index is 0.0111. The third-order valence-electron chi connectivity index (χ3n) is 4.76. The molecule has 29 heavy (non-hydrogen) atoms. The first-order chi connectivity index (χ1) is 13.7. The van der Waals surface area contributed by atoms with Crippen LogP contribution in [-0.2, 0) is 11.2 Å². The van der Waals surface area contributed by atoms with Crippen LogP contribution in [-0.4, -0.2) is 37.8 Å². The molecule has 0 aliphatic carbocycles. The number of nitrogens with zero attached hydrogens (tertiary/aromatic N) is 3. The van der Waals surface area contributed by atoms with Crippen molar-refractivity contribution in [3.05, 3.63) is 53.7 Å². The first-order valence-corrected chi connectivity index (χ1v) is 9.21. The van der Waals surface area contributed by atoms with Crippen molar-refractivity contribution in [2.24, 2.45) is 0 Å². The number of fused-ring (bicyclic) bond motifs is 2. The Morgan fingerprint density at radius 2 is 1.90 bits per heavy atom. The molecule has 3 aromatic rings. The van der Waals surface area contributed by atoms with Crippen LogP contribution >= 0.6 is 0 Å². The maximum atomic E-state index is 13.1. The highest BCUT2D eigenvalue weighted by Gasteiger charge is 2.40. The molecule has 4 rings (SSSR count). The molecule has 1 atom stereocenters. The fraction of sp³-hybridized carbons (Fsp3) is 0.286. The molecule has 1 aromatic heterocycles. The van der Waals surface area contributed by atoms with E-state index >= 15 is 0 Å². The van der Waals surface area contributed by atoms with Gasteiger partial charge in [0.2, 0.25) is 0 Å². The molecule has 1 amide bonds. The second kappa shape index (κ2) is 6.51. The van der Waals surface area contributed by atoms with Crippen LogP contribution < -0.4 is 4.90 Å². The van der Waals surface area contributed by atoms with E-state index in [0.717, 1.165) is 10.2 Å². The Hall–Kier alpha value is -3.55. The van der Waals surface area contributed by atoms with Gasteiger partial charge in [-0.15, -0.1) is 0 Å². The van der Waals surface area contributed by atoms with Crippen LogP contribution in [0.15, 0.2) is 42.5 Å². The van der Waals surface area contributed by atoms with Crippen LogP contribution in [0.25, 0.3) is 10.9 Å². The van der Waals surface area contributed by atoms with Crippen LogP contribution in [0.1, 0.15) is 38.1 Å². The Labute approximate surface area is 166 Å². The van der Waals surface area contributed by atoms with Gasteiger partial charge in [-0.2, -0.15) is 9.78 Å². The van der Waals surface area contributed by atoms with Gasteiger partial charge in [0.1, 0.15) is 11.4 Å². The van der Waals surface area contributed by atoms with Crippen molar-refractivity contribution in [3.63, 3.8) is 0 Å². The summed E-state index contributed by atoms with van der Waals surface area (Å²) in [6.45, 7) is 5.36. The average molecular weight is 395 g/mol. The summed E-state index contributed by atoms with van der Waals surface area (Å²) in [7, 11) is 0. The minimum Gasteiger partial charge on any atom is -0.508 e. The zero-order chi connectivity index (χ0) is 20.9. The smallest absolute Gasteiger partial charge is 0.432 e. The number of benzene rings is 2. The summed E-state index contributed by atoms with van der Waals surface area (Å²) in [5.74, 6) is -0.0111. The van der Waals surface area contributed by atoms with Crippen LogP contribution in [0.4, 0.5) is 15.3 Å². The highest BCUT2D eigenvalue weighted by atomic mass is 16.6. The molecule has 1 aliphatic rings. The van der Waals surface area contributed by atoms with Gasteiger partial charge in [-0.1, -0.05) is 18.2 Å². The summed E-state index contributed by atoms with van der Waals surface area (Å²) < 4.78 is 6.47. The van der Waals surface area contributed by atoms with Crippen LogP contribution in [0.2, 0.25) is 0 Å². The number of carbonyl (C=O) groups is 2. The van der Waals surface area contributed by atoms with Gasteiger partial charge >= 0.3 is 12.2 Å². The van der Waals surface area contributed by atoms with Gasteiger partial charge in [-0.25, -0.2) is 9.59 Å². The number of carboxylic acid groups (broad SMARTS) is 1. The molecular formula is C21H21N3O5. The van der Waals surface area contributed by atoms with E-state index in [2.05, 4.69) is 5.10 Å². The summed E-state index contributed by atoms with van der Waals surface area (Å²) in [6, 6.07) is 11.3. The molecule has 0 fully saturated rings. The maximum absolute atomic E-state index is 13.1. The predicted molar refractivity (Wildman–Crippen MR) is 106 cm³/mol. The maximum Gasteiger partial charge on any atom is 0.432 e. The lowest BCUT2D eigenvalue weighted by atomic mass is 10.0. The van der Waals surface area contributed by atoms with Crippen molar-refractivity contribution >= 4 is 28.8 Å². The molecule has 0 radical (unpaired) electrons. The Balaban J connectivity index is 1.88.